The number of anilines is 1. The van der Waals surface area contributed by atoms with Gasteiger partial charge >= 0.3 is 0 Å². The van der Waals surface area contributed by atoms with E-state index in [-0.39, 0.29) is 15.5 Å². The van der Waals surface area contributed by atoms with Crippen LogP contribution in [0.4, 0.5) is 5.69 Å². The highest BCUT2D eigenvalue weighted by molar-refractivity contribution is 7.89. The van der Waals surface area contributed by atoms with Crippen molar-refractivity contribution in [2.24, 2.45) is 0 Å². The third-order valence-electron chi connectivity index (χ3n) is 5.45. The Labute approximate surface area is 186 Å². The van der Waals surface area contributed by atoms with E-state index in [2.05, 4.69) is 9.88 Å². The molecule has 1 aromatic heterocycles. The number of nitrogens with one attached hydrogen (secondary N) is 1. The predicted molar refractivity (Wildman–Crippen MR) is 121 cm³/mol. The van der Waals surface area contributed by atoms with E-state index in [1.54, 1.807) is 7.11 Å². The number of nitrogens with zero attached hydrogens (tertiary/aromatic N) is 2. The van der Waals surface area contributed by atoms with Crippen molar-refractivity contribution in [1.29, 1.82) is 0 Å². The number of rotatable bonds is 7. The van der Waals surface area contributed by atoms with Crippen molar-refractivity contribution in [3.8, 4) is 0 Å². The van der Waals surface area contributed by atoms with Crippen molar-refractivity contribution >= 4 is 44.1 Å². The molecule has 0 bridgehead atoms. The molecule has 0 atom stereocenters. The van der Waals surface area contributed by atoms with E-state index in [1.165, 1.54) is 22.5 Å². The first-order valence-corrected chi connectivity index (χ1v) is 11.9. The van der Waals surface area contributed by atoms with Gasteiger partial charge in [-0.3, -0.25) is 4.79 Å². The van der Waals surface area contributed by atoms with Gasteiger partial charge in [-0.05, 0) is 55.3 Å². The molecular formula is C22H24ClN3O4S. The summed E-state index contributed by atoms with van der Waals surface area (Å²) in [7, 11) is -1.97. The number of carbonyl (C=O) groups excluding carboxylic acids is 1. The molecule has 9 heteroatoms. The zero-order valence-corrected chi connectivity index (χ0v) is 18.7. The maximum atomic E-state index is 12.9. The van der Waals surface area contributed by atoms with E-state index in [0.717, 1.165) is 30.3 Å². The van der Waals surface area contributed by atoms with Crippen LogP contribution in [0.2, 0.25) is 5.02 Å². The average Bonchev–Trinajstić information content (AvgIpc) is 3.43. The molecule has 0 unspecified atom stereocenters. The van der Waals surface area contributed by atoms with E-state index in [0.29, 0.717) is 25.4 Å². The summed E-state index contributed by atoms with van der Waals surface area (Å²) in [5.41, 5.74) is 1.76. The number of ether oxygens (including phenoxy) is 1. The Bertz CT molecular complexity index is 1220. The Morgan fingerprint density at radius 2 is 1.90 bits per heavy atom. The van der Waals surface area contributed by atoms with E-state index < -0.39 is 15.9 Å². The first kappa shape index (κ1) is 21.8. The van der Waals surface area contributed by atoms with Crippen molar-refractivity contribution in [1.82, 2.24) is 8.87 Å². The maximum absolute atomic E-state index is 12.9. The highest BCUT2D eigenvalue weighted by atomic mass is 35.5. The molecule has 2 aromatic carbocycles. The second-order valence-corrected chi connectivity index (χ2v) is 9.83. The monoisotopic (exact) mass is 461 g/mol. The minimum Gasteiger partial charge on any atom is -0.383 e. The number of halogens is 1. The molecule has 0 aliphatic carbocycles. The second kappa shape index (κ2) is 9.00. The maximum Gasteiger partial charge on any atom is 0.257 e. The van der Waals surface area contributed by atoms with Gasteiger partial charge in [-0.25, -0.2) is 8.42 Å². The number of sulfonamides is 1. The van der Waals surface area contributed by atoms with Gasteiger partial charge < -0.3 is 14.6 Å². The summed E-state index contributed by atoms with van der Waals surface area (Å²) in [6, 6.07) is 11.8. The smallest absolute Gasteiger partial charge is 0.257 e. The van der Waals surface area contributed by atoms with Crippen molar-refractivity contribution < 1.29 is 17.9 Å². The number of fused-ring (bicyclic) bond motifs is 1. The fourth-order valence-corrected chi connectivity index (χ4v) is 5.52. The lowest BCUT2D eigenvalue weighted by Crippen LogP contribution is -2.28. The molecule has 164 valence electrons. The van der Waals surface area contributed by atoms with Crippen LogP contribution in [0.1, 0.15) is 23.2 Å². The number of hydrogen-bond donors (Lipinski definition) is 1. The van der Waals surface area contributed by atoms with Crippen LogP contribution in [0.25, 0.3) is 10.9 Å². The molecule has 31 heavy (non-hydrogen) atoms. The average molecular weight is 462 g/mol. The van der Waals surface area contributed by atoms with Crippen LogP contribution in [0.15, 0.2) is 53.6 Å². The summed E-state index contributed by atoms with van der Waals surface area (Å²) in [4.78, 5) is 13.0. The van der Waals surface area contributed by atoms with Gasteiger partial charge in [0, 0.05) is 49.5 Å². The van der Waals surface area contributed by atoms with Crippen LogP contribution in [-0.4, -0.2) is 50.0 Å². The Morgan fingerprint density at radius 1 is 1.13 bits per heavy atom. The van der Waals surface area contributed by atoms with Gasteiger partial charge in [0.2, 0.25) is 10.0 Å². The summed E-state index contributed by atoms with van der Waals surface area (Å²) >= 11 is 6.23. The number of carbonyl (C=O) groups is 1. The SMILES string of the molecule is COCCn1ccc2cc(NC(=O)c3cc(S(=O)(=O)N4CCCC4)ccc3Cl)ccc21. The molecule has 1 aliphatic heterocycles. The third-order valence-corrected chi connectivity index (χ3v) is 7.67. The first-order valence-electron chi connectivity index (χ1n) is 10.1. The van der Waals surface area contributed by atoms with Gasteiger partial charge in [0.05, 0.1) is 22.1 Å². The van der Waals surface area contributed by atoms with Crippen LogP contribution in [-0.2, 0) is 21.3 Å². The summed E-state index contributed by atoms with van der Waals surface area (Å²) in [6.45, 7) is 2.34. The molecule has 0 spiro atoms. The van der Waals surface area contributed by atoms with Crippen molar-refractivity contribution in [3.05, 3.63) is 59.2 Å². The van der Waals surface area contributed by atoms with Gasteiger partial charge in [0.1, 0.15) is 0 Å². The van der Waals surface area contributed by atoms with Crippen LogP contribution < -0.4 is 5.32 Å². The number of methoxy groups -OCH3 is 1. The van der Waals surface area contributed by atoms with Gasteiger partial charge in [0.15, 0.2) is 0 Å². The summed E-state index contributed by atoms with van der Waals surface area (Å²) in [6.07, 6.45) is 3.66. The summed E-state index contributed by atoms with van der Waals surface area (Å²) in [5.74, 6) is -0.457. The molecule has 1 N–H and O–H groups in total. The molecule has 1 amide bonds. The zero-order chi connectivity index (χ0) is 22.0. The molecule has 0 radical (unpaired) electrons. The van der Waals surface area contributed by atoms with E-state index in [9.17, 15) is 13.2 Å². The van der Waals surface area contributed by atoms with Crippen molar-refractivity contribution in [2.75, 3.05) is 32.1 Å². The fourth-order valence-electron chi connectivity index (χ4n) is 3.78. The normalized spacial score (nSPS) is 14.9. The Kier molecular flexibility index (Phi) is 6.34. The molecule has 1 saturated heterocycles. The Morgan fingerprint density at radius 3 is 2.65 bits per heavy atom. The Balaban J connectivity index is 1.57. The van der Waals surface area contributed by atoms with Gasteiger partial charge in [0.25, 0.3) is 5.91 Å². The van der Waals surface area contributed by atoms with Crippen LogP contribution in [0.5, 0.6) is 0 Å². The highest BCUT2D eigenvalue weighted by Crippen LogP contribution is 2.27. The number of aromatic nitrogens is 1. The molecule has 1 fully saturated rings. The first-order chi connectivity index (χ1) is 14.9. The molecule has 4 rings (SSSR count). The second-order valence-electron chi connectivity index (χ2n) is 7.48. The fraction of sp³-hybridized carbons (Fsp3) is 0.318. The molecule has 7 nitrogen and oxygen atoms in total. The predicted octanol–water partition coefficient (Wildman–Crippen LogP) is 3.98. The molecule has 1 aliphatic rings. The minimum absolute atomic E-state index is 0.0784. The van der Waals surface area contributed by atoms with Gasteiger partial charge in [-0.1, -0.05) is 11.6 Å². The highest BCUT2D eigenvalue weighted by Gasteiger charge is 2.28. The third kappa shape index (κ3) is 4.48. The van der Waals surface area contributed by atoms with Crippen molar-refractivity contribution in [2.45, 2.75) is 24.3 Å². The lowest BCUT2D eigenvalue weighted by atomic mass is 10.2. The van der Waals surface area contributed by atoms with E-state index in [4.69, 9.17) is 16.3 Å². The van der Waals surface area contributed by atoms with Crippen LogP contribution in [0, 0.1) is 0 Å². The van der Waals surface area contributed by atoms with Gasteiger partial charge in [-0.15, -0.1) is 0 Å². The van der Waals surface area contributed by atoms with E-state index >= 15 is 0 Å². The van der Waals surface area contributed by atoms with Crippen molar-refractivity contribution in [3.63, 3.8) is 0 Å². The Hall–Kier alpha value is -2.39. The summed E-state index contributed by atoms with van der Waals surface area (Å²) in [5, 5.41) is 4.00. The topological polar surface area (TPSA) is 80.6 Å². The largest absolute Gasteiger partial charge is 0.383 e. The standard InChI is InChI=1S/C22H24ClN3O4S/c1-30-13-12-25-11-8-16-14-17(4-7-21(16)25)24-22(27)19-15-18(5-6-20(19)23)31(28,29)26-9-2-3-10-26/h4-8,11,14-15H,2-3,9-10,12-13H2,1H3,(H,24,27). The van der Waals surface area contributed by atoms with Crippen LogP contribution >= 0.6 is 11.6 Å². The number of amides is 1. The number of hydrogen-bond acceptors (Lipinski definition) is 4. The zero-order valence-electron chi connectivity index (χ0n) is 17.2. The molecular weight excluding hydrogens is 438 g/mol. The minimum atomic E-state index is -3.64. The molecule has 2 heterocycles. The number of benzene rings is 2. The summed E-state index contributed by atoms with van der Waals surface area (Å²) < 4.78 is 34.3. The quantitative estimate of drug-likeness (QED) is 0.577. The lowest BCUT2D eigenvalue weighted by Gasteiger charge is -2.16. The lowest BCUT2D eigenvalue weighted by molar-refractivity contribution is 0.102. The molecule has 0 saturated carbocycles. The van der Waals surface area contributed by atoms with Crippen LogP contribution in [0.3, 0.4) is 0 Å². The van der Waals surface area contributed by atoms with E-state index in [1.807, 2.05) is 30.5 Å². The molecule has 3 aromatic rings. The van der Waals surface area contributed by atoms with Gasteiger partial charge in [-0.2, -0.15) is 4.31 Å².